The number of nitrogens with zero attached hydrogens (tertiary/aromatic N) is 1. The fourth-order valence-electron chi connectivity index (χ4n) is 3.20. The van der Waals surface area contributed by atoms with Crippen LogP contribution in [-0.2, 0) is 14.8 Å². The van der Waals surface area contributed by atoms with E-state index in [-0.39, 0.29) is 16.8 Å². The Labute approximate surface area is 161 Å². The number of hydrogen-bond donors (Lipinski definition) is 2. The lowest BCUT2D eigenvalue weighted by atomic mass is 10.0. The van der Waals surface area contributed by atoms with Crippen molar-refractivity contribution >= 4 is 15.9 Å². The summed E-state index contributed by atoms with van der Waals surface area (Å²) >= 11 is 0. The van der Waals surface area contributed by atoms with Crippen molar-refractivity contribution in [3.63, 3.8) is 0 Å². The highest BCUT2D eigenvalue weighted by Gasteiger charge is 2.31. The molecule has 1 amide bonds. The highest BCUT2D eigenvalue weighted by atomic mass is 32.2. The van der Waals surface area contributed by atoms with E-state index in [1.54, 1.807) is 0 Å². The summed E-state index contributed by atoms with van der Waals surface area (Å²) < 4.78 is 39.9. The van der Waals surface area contributed by atoms with Gasteiger partial charge in [0.15, 0.2) is 6.54 Å². The van der Waals surface area contributed by atoms with Crippen LogP contribution in [0, 0.1) is 11.7 Å². The Morgan fingerprint density at radius 3 is 2.48 bits per heavy atom. The highest BCUT2D eigenvalue weighted by molar-refractivity contribution is 7.89. The van der Waals surface area contributed by atoms with Gasteiger partial charge in [-0.15, -0.1) is 0 Å². The zero-order valence-electron chi connectivity index (χ0n) is 16.4. The molecular weight excluding hydrogens is 369 g/mol. The molecule has 0 bridgehead atoms. The van der Waals surface area contributed by atoms with Crippen molar-refractivity contribution in [3.05, 3.63) is 30.1 Å². The first kappa shape index (κ1) is 21.8. The van der Waals surface area contributed by atoms with Gasteiger partial charge in [-0.25, -0.2) is 12.8 Å². The van der Waals surface area contributed by atoms with Crippen molar-refractivity contribution in [3.8, 4) is 0 Å². The maximum atomic E-state index is 13.3. The lowest BCUT2D eigenvalue weighted by Gasteiger charge is -2.31. The predicted molar refractivity (Wildman–Crippen MR) is 102 cm³/mol. The van der Waals surface area contributed by atoms with Gasteiger partial charge < -0.3 is 10.2 Å². The van der Waals surface area contributed by atoms with Crippen LogP contribution in [0.3, 0.4) is 0 Å². The molecule has 0 aliphatic carbocycles. The van der Waals surface area contributed by atoms with Crippen molar-refractivity contribution < 1.29 is 22.5 Å². The van der Waals surface area contributed by atoms with Crippen LogP contribution in [0.2, 0.25) is 0 Å². The molecule has 1 saturated heterocycles. The number of sulfonamides is 1. The van der Waals surface area contributed by atoms with E-state index in [0.717, 1.165) is 23.8 Å². The van der Waals surface area contributed by atoms with Gasteiger partial charge in [-0.2, -0.15) is 4.31 Å². The minimum Gasteiger partial charge on any atom is -0.349 e. The van der Waals surface area contributed by atoms with E-state index >= 15 is 0 Å². The number of nitrogens with one attached hydrogen (secondary N) is 2. The Kier molecular flexibility index (Phi) is 7.76. The molecule has 1 aromatic carbocycles. The van der Waals surface area contributed by atoms with E-state index in [1.165, 1.54) is 22.5 Å². The second-order valence-electron chi connectivity index (χ2n) is 7.73. The molecule has 1 aromatic rings. The van der Waals surface area contributed by atoms with Crippen LogP contribution in [0.4, 0.5) is 4.39 Å². The number of amides is 1. The summed E-state index contributed by atoms with van der Waals surface area (Å²) in [6.45, 7) is 8.45. The van der Waals surface area contributed by atoms with E-state index in [2.05, 4.69) is 19.2 Å². The van der Waals surface area contributed by atoms with Gasteiger partial charge in [-0.1, -0.05) is 19.9 Å². The Balaban J connectivity index is 1.82. The molecule has 0 spiro atoms. The third-order valence-corrected chi connectivity index (χ3v) is 6.75. The van der Waals surface area contributed by atoms with Crippen LogP contribution >= 0.6 is 0 Å². The first-order chi connectivity index (χ1) is 12.7. The van der Waals surface area contributed by atoms with Crippen molar-refractivity contribution in [2.75, 3.05) is 32.7 Å². The molecule has 0 saturated carbocycles. The number of halogens is 1. The number of carbonyl (C=O) groups excluding carboxylic acids is 1. The SMILES string of the molecule is CC(C)CC[C@H](C)NC(=O)C[NH+]1CCN(S(=O)(=O)c2cccc(F)c2)CC1. The topological polar surface area (TPSA) is 70.9 Å². The number of quaternary nitrogens is 1. The molecule has 0 unspecified atom stereocenters. The van der Waals surface area contributed by atoms with Crippen LogP contribution in [0.15, 0.2) is 29.2 Å². The standard InChI is InChI=1S/C19H30FN3O3S/c1-15(2)7-8-16(3)21-19(24)14-22-9-11-23(12-10-22)27(25,26)18-6-4-5-17(20)13-18/h4-6,13,15-16H,7-12,14H2,1-3H3,(H,21,24)/p+1/t16-/m0/s1. The summed E-state index contributed by atoms with van der Waals surface area (Å²) in [4.78, 5) is 13.2. The van der Waals surface area contributed by atoms with E-state index in [1.807, 2.05) is 6.92 Å². The van der Waals surface area contributed by atoms with Gasteiger partial charge in [0.1, 0.15) is 5.82 Å². The molecule has 1 aliphatic rings. The third-order valence-electron chi connectivity index (χ3n) is 4.86. The van der Waals surface area contributed by atoms with E-state index < -0.39 is 15.8 Å². The van der Waals surface area contributed by atoms with Crippen LogP contribution in [-0.4, -0.2) is 57.4 Å². The zero-order valence-corrected chi connectivity index (χ0v) is 17.2. The maximum absolute atomic E-state index is 13.3. The van der Waals surface area contributed by atoms with Crippen molar-refractivity contribution in [2.45, 2.75) is 44.6 Å². The summed E-state index contributed by atoms with van der Waals surface area (Å²) in [5.41, 5.74) is 0. The quantitative estimate of drug-likeness (QED) is 0.673. The minimum absolute atomic E-state index is 0.00249. The van der Waals surface area contributed by atoms with Gasteiger partial charge in [-0.3, -0.25) is 4.79 Å². The first-order valence-corrected chi connectivity index (χ1v) is 11.0. The van der Waals surface area contributed by atoms with Crippen LogP contribution in [0.5, 0.6) is 0 Å². The van der Waals surface area contributed by atoms with Gasteiger partial charge >= 0.3 is 0 Å². The van der Waals surface area contributed by atoms with Gasteiger partial charge in [-0.05, 0) is 43.9 Å². The van der Waals surface area contributed by atoms with Crippen LogP contribution in [0.1, 0.15) is 33.6 Å². The third kappa shape index (κ3) is 6.55. The molecule has 0 radical (unpaired) electrons. The molecule has 2 N–H and O–H groups in total. The molecule has 27 heavy (non-hydrogen) atoms. The van der Waals surface area contributed by atoms with E-state index in [9.17, 15) is 17.6 Å². The smallest absolute Gasteiger partial charge is 0.275 e. The first-order valence-electron chi connectivity index (χ1n) is 9.57. The second kappa shape index (κ2) is 9.61. The molecule has 152 valence electrons. The highest BCUT2D eigenvalue weighted by Crippen LogP contribution is 2.16. The average Bonchev–Trinajstić information content (AvgIpc) is 2.60. The molecular formula is C19H31FN3O3S+. The van der Waals surface area contributed by atoms with E-state index in [0.29, 0.717) is 38.6 Å². The van der Waals surface area contributed by atoms with E-state index in [4.69, 9.17) is 0 Å². The molecule has 6 nitrogen and oxygen atoms in total. The molecule has 1 aliphatic heterocycles. The molecule has 8 heteroatoms. The van der Waals surface area contributed by atoms with Crippen molar-refractivity contribution in [1.82, 2.24) is 9.62 Å². The lowest BCUT2D eigenvalue weighted by Crippen LogP contribution is -3.15. The Hall–Kier alpha value is -1.51. The minimum atomic E-state index is -3.69. The van der Waals surface area contributed by atoms with Crippen LogP contribution < -0.4 is 10.2 Å². The van der Waals surface area contributed by atoms with Gasteiger partial charge in [0.2, 0.25) is 10.0 Å². The summed E-state index contributed by atoms with van der Waals surface area (Å²) in [5, 5.41) is 3.02. The molecule has 1 atom stereocenters. The number of benzene rings is 1. The lowest BCUT2D eigenvalue weighted by molar-refractivity contribution is -0.895. The van der Waals surface area contributed by atoms with Gasteiger partial charge in [0.05, 0.1) is 31.1 Å². The largest absolute Gasteiger partial charge is 0.349 e. The number of piperazine rings is 1. The van der Waals surface area contributed by atoms with Crippen molar-refractivity contribution in [2.24, 2.45) is 5.92 Å². The number of rotatable bonds is 8. The molecule has 1 fully saturated rings. The fourth-order valence-corrected chi connectivity index (χ4v) is 4.68. The Bertz CT molecular complexity index is 731. The summed E-state index contributed by atoms with van der Waals surface area (Å²) in [7, 11) is -3.69. The molecule has 2 rings (SSSR count). The Morgan fingerprint density at radius 1 is 1.22 bits per heavy atom. The predicted octanol–water partition coefficient (Wildman–Crippen LogP) is 0.656. The Morgan fingerprint density at radius 2 is 1.89 bits per heavy atom. The summed E-state index contributed by atoms with van der Waals surface area (Å²) in [5.74, 6) is 0.0504. The fraction of sp³-hybridized carbons (Fsp3) is 0.632. The molecule has 0 aromatic heterocycles. The van der Waals surface area contributed by atoms with Crippen LogP contribution in [0.25, 0.3) is 0 Å². The zero-order chi connectivity index (χ0) is 20.0. The van der Waals surface area contributed by atoms with Crippen molar-refractivity contribution in [1.29, 1.82) is 0 Å². The monoisotopic (exact) mass is 400 g/mol. The summed E-state index contributed by atoms with van der Waals surface area (Å²) in [6, 6.07) is 5.22. The summed E-state index contributed by atoms with van der Waals surface area (Å²) in [6.07, 6.45) is 2.03. The van der Waals surface area contributed by atoms with Gasteiger partial charge in [0, 0.05) is 6.04 Å². The second-order valence-corrected chi connectivity index (χ2v) is 9.67. The number of hydrogen-bond acceptors (Lipinski definition) is 3. The normalized spacial score (nSPS) is 17.8. The van der Waals surface area contributed by atoms with Gasteiger partial charge in [0.25, 0.3) is 5.91 Å². The number of carbonyl (C=O) groups is 1. The maximum Gasteiger partial charge on any atom is 0.275 e. The average molecular weight is 401 g/mol. The molecule has 1 heterocycles.